The summed E-state index contributed by atoms with van der Waals surface area (Å²) in [4.78, 5) is 37.5. The van der Waals surface area contributed by atoms with E-state index in [-0.39, 0.29) is 29.9 Å². The van der Waals surface area contributed by atoms with Gasteiger partial charge in [0.2, 0.25) is 5.91 Å². The van der Waals surface area contributed by atoms with Gasteiger partial charge in [0.25, 0.3) is 11.8 Å². The molecule has 3 N–H and O–H groups in total. The molecule has 0 radical (unpaired) electrons. The van der Waals surface area contributed by atoms with Gasteiger partial charge in [0.05, 0.1) is 6.04 Å². The Morgan fingerprint density at radius 3 is 2.47 bits per heavy atom. The minimum Gasteiger partial charge on any atom is -0.345 e. The van der Waals surface area contributed by atoms with E-state index in [1.165, 1.54) is 0 Å². The molecular formula is C29H30N4O3. The van der Waals surface area contributed by atoms with E-state index in [0.717, 1.165) is 28.9 Å². The Bertz CT molecular complexity index is 1350. The second-order valence-corrected chi connectivity index (χ2v) is 8.70. The number of amides is 3. The quantitative estimate of drug-likeness (QED) is 0.289. The molecule has 1 unspecified atom stereocenters. The molecule has 2 aromatic rings. The number of allylic oxidation sites excluding steroid dienone is 1. The molecule has 1 saturated carbocycles. The fourth-order valence-electron chi connectivity index (χ4n) is 3.80. The van der Waals surface area contributed by atoms with Gasteiger partial charge in [-0.2, -0.15) is 5.26 Å². The summed E-state index contributed by atoms with van der Waals surface area (Å²) in [6.07, 6.45) is 5.62. The molecule has 7 nitrogen and oxygen atoms in total. The standard InChI is InChI=1S/C29H30N4O3/c1-4-24(25-11-7-5-9-19(25)2)20(3)31-29(36)26-12-8-6-10-22(26)15-16-27(34)32-33-28(35)23(18-30)17-21-13-14-21/h4-12,17,20-21H,1-2,13-16H2,3H3,(H,31,36)(H,32,34)(H,33,35)/b23-17-,25-24+. The molecule has 1 aliphatic rings. The highest BCUT2D eigenvalue weighted by Crippen LogP contribution is 2.31. The molecule has 3 amide bonds. The predicted molar refractivity (Wildman–Crippen MR) is 139 cm³/mol. The molecule has 2 aromatic carbocycles. The summed E-state index contributed by atoms with van der Waals surface area (Å²) in [5, 5.41) is 13.9. The second-order valence-electron chi connectivity index (χ2n) is 8.70. The molecule has 36 heavy (non-hydrogen) atoms. The van der Waals surface area contributed by atoms with Gasteiger partial charge in [-0.1, -0.05) is 67.8 Å². The lowest BCUT2D eigenvalue weighted by atomic mass is 10.00. The van der Waals surface area contributed by atoms with E-state index < -0.39 is 11.8 Å². The molecule has 1 atom stereocenters. The van der Waals surface area contributed by atoms with Crippen LogP contribution in [0.5, 0.6) is 0 Å². The molecule has 1 aliphatic carbocycles. The second kappa shape index (κ2) is 12.3. The van der Waals surface area contributed by atoms with Crippen molar-refractivity contribution in [2.24, 2.45) is 5.92 Å². The molecular weight excluding hydrogens is 452 g/mol. The van der Waals surface area contributed by atoms with Crippen LogP contribution in [0, 0.1) is 17.2 Å². The van der Waals surface area contributed by atoms with Crippen LogP contribution in [0.15, 0.2) is 72.8 Å². The molecule has 0 aliphatic heterocycles. The summed E-state index contributed by atoms with van der Waals surface area (Å²) in [7, 11) is 0. The first-order valence-electron chi connectivity index (χ1n) is 11.8. The van der Waals surface area contributed by atoms with Crippen molar-refractivity contribution >= 4 is 29.9 Å². The fraction of sp³-hybridized carbons (Fsp3) is 0.241. The minimum atomic E-state index is -0.635. The first-order valence-corrected chi connectivity index (χ1v) is 11.8. The highest BCUT2D eigenvalue weighted by atomic mass is 16.2. The zero-order chi connectivity index (χ0) is 26.1. The van der Waals surface area contributed by atoms with Crippen molar-refractivity contribution in [1.29, 1.82) is 5.26 Å². The zero-order valence-electron chi connectivity index (χ0n) is 20.3. The van der Waals surface area contributed by atoms with Gasteiger partial charge in [0, 0.05) is 12.0 Å². The number of rotatable bonds is 9. The van der Waals surface area contributed by atoms with Crippen LogP contribution >= 0.6 is 0 Å². The molecule has 0 spiro atoms. The predicted octanol–water partition coefficient (Wildman–Crippen LogP) is 2.19. The van der Waals surface area contributed by atoms with Crippen LogP contribution in [-0.2, 0) is 16.0 Å². The fourth-order valence-corrected chi connectivity index (χ4v) is 3.80. The number of carbonyl (C=O) groups excluding carboxylic acids is 3. The molecule has 0 bridgehead atoms. The topological polar surface area (TPSA) is 111 Å². The summed E-state index contributed by atoms with van der Waals surface area (Å²) >= 11 is 0. The molecule has 184 valence electrons. The third kappa shape index (κ3) is 7.03. The Balaban J connectivity index is 1.62. The third-order valence-corrected chi connectivity index (χ3v) is 5.95. The van der Waals surface area contributed by atoms with Crippen molar-refractivity contribution in [3.63, 3.8) is 0 Å². The first-order chi connectivity index (χ1) is 17.3. The van der Waals surface area contributed by atoms with Crippen molar-refractivity contribution in [2.75, 3.05) is 0 Å². The number of benzene rings is 2. The van der Waals surface area contributed by atoms with Crippen molar-refractivity contribution in [3.05, 3.63) is 94.4 Å². The Kier molecular flexibility index (Phi) is 8.95. The Labute approximate surface area is 210 Å². The Morgan fingerprint density at radius 1 is 1.11 bits per heavy atom. The molecule has 1 fully saturated rings. The average molecular weight is 483 g/mol. The van der Waals surface area contributed by atoms with Crippen LogP contribution in [0.1, 0.15) is 42.1 Å². The highest BCUT2D eigenvalue weighted by molar-refractivity contribution is 5.98. The minimum absolute atomic E-state index is 0.00823. The van der Waals surface area contributed by atoms with Gasteiger partial charge >= 0.3 is 0 Å². The van der Waals surface area contributed by atoms with Crippen LogP contribution < -0.4 is 26.6 Å². The molecule has 0 saturated heterocycles. The molecule has 3 rings (SSSR count). The van der Waals surface area contributed by atoms with Crippen LogP contribution in [0.4, 0.5) is 0 Å². The van der Waals surface area contributed by atoms with Crippen molar-refractivity contribution in [2.45, 2.75) is 38.6 Å². The number of hydrogen-bond donors (Lipinski definition) is 3. The van der Waals surface area contributed by atoms with E-state index in [1.807, 2.05) is 37.3 Å². The largest absolute Gasteiger partial charge is 0.345 e. The average Bonchev–Trinajstić information content (AvgIpc) is 3.70. The van der Waals surface area contributed by atoms with Crippen LogP contribution in [-0.4, -0.2) is 23.8 Å². The number of carbonyl (C=O) groups is 3. The van der Waals surface area contributed by atoms with Crippen LogP contribution in [0.3, 0.4) is 0 Å². The normalized spacial score (nSPS) is 14.6. The summed E-state index contributed by atoms with van der Waals surface area (Å²) in [6, 6.07) is 16.3. The number of hydrazine groups is 1. The number of hydrogen-bond acceptors (Lipinski definition) is 4. The highest BCUT2D eigenvalue weighted by Gasteiger charge is 2.22. The summed E-state index contributed by atoms with van der Waals surface area (Å²) in [6.45, 7) is 9.83. The van der Waals surface area contributed by atoms with Gasteiger partial charge in [-0.3, -0.25) is 25.2 Å². The van der Waals surface area contributed by atoms with E-state index >= 15 is 0 Å². The summed E-state index contributed by atoms with van der Waals surface area (Å²) in [5.41, 5.74) is 6.63. The monoisotopic (exact) mass is 482 g/mol. The van der Waals surface area contributed by atoms with Gasteiger partial charge in [-0.05, 0) is 59.7 Å². The summed E-state index contributed by atoms with van der Waals surface area (Å²) < 4.78 is 0. The van der Waals surface area contributed by atoms with E-state index in [1.54, 1.807) is 36.4 Å². The van der Waals surface area contributed by atoms with Crippen molar-refractivity contribution < 1.29 is 14.4 Å². The molecule has 7 heteroatoms. The summed E-state index contributed by atoms with van der Waals surface area (Å²) in [5.74, 6) is -1.06. The Morgan fingerprint density at radius 2 is 1.81 bits per heavy atom. The zero-order valence-corrected chi connectivity index (χ0v) is 20.3. The molecule has 0 heterocycles. The maximum absolute atomic E-state index is 13.1. The van der Waals surface area contributed by atoms with Gasteiger partial charge in [0.15, 0.2) is 0 Å². The van der Waals surface area contributed by atoms with Crippen LogP contribution in [0.25, 0.3) is 12.2 Å². The number of nitrogens with zero attached hydrogens (tertiary/aromatic N) is 1. The van der Waals surface area contributed by atoms with Crippen LogP contribution in [0.2, 0.25) is 0 Å². The van der Waals surface area contributed by atoms with E-state index in [4.69, 9.17) is 5.26 Å². The van der Waals surface area contributed by atoms with Crippen molar-refractivity contribution in [3.8, 4) is 6.07 Å². The van der Waals surface area contributed by atoms with Crippen molar-refractivity contribution in [1.82, 2.24) is 16.2 Å². The van der Waals surface area contributed by atoms with Gasteiger partial charge in [-0.15, -0.1) is 0 Å². The number of nitrogens with one attached hydrogen (secondary N) is 3. The van der Waals surface area contributed by atoms with E-state index in [0.29, 0.717) is 17.5 Å². The van der Waals surface area contributed by atoms with E-state index in [2.05, 4.69) is 29.3 Å². The molecule has 0 aromatic heterocycles. The third-order valence-electron chi connectivity index (χ3n) is 5.95. The lowest BCUT2D eigenvalue weighted by molar-refractivity contribution is -0.127. The lowest BCUT2D eigenvalue weighted by Gasteiger charge is -2.17. The SMILES string of the molecule is C=C/C(=c1/ccccc1=C)C(C)NC(=O)c1ccccc1CCC(=O)NNC(=O)/C(C#N)=C\C1CC1. The van der Waals surface area contributed by atoms with Gasteiger partial charge < -0.3 is 5.32 Å². The lowest BCUT2D eigenvalue weighted by Crippen LogP contribution is -2.42. The smallest absolute Gasteiger partial charge is 0.280 e. The maximum atomic E-state index is 13.1. The van der Waals surface area contributed by atoms with Gasteiger partial charge in [-0.25, -0.2) is 0 Å². The Hall–Kier alpha value is -4.44. The van der Waals surface area contributed by atoms with E-state index in [9.17, 15) is 14.4 Å². The first kappa shape index (κ1) is 26.2. The number of nitriles is 1. The van der Waals surface area contributed by atoms with Gasteiger partial charge in [0.1, 0.15) is 11.6 Å². The maximum Gasteiger partial charge on any atom is 0.280 e. The number of aryl methyl sites for hydroxylation is 1.